The maximum atomic E-state index is 14.2. The van der Waals surface area contributed by atoms with Crippen LogP contribution in [0.5, 0.6) is 0 Å². The van der Waals surface area contributed by atoms with Crippen LogP contribution < -0.4 is 4.90 Å². The molecule has 1 fully saturated rings. The number of carbonyl (C=O) groups excluding carboxylic acids is 1. The summed E-state index contributed by atoms with van der Waals surface area (Å²) in [5.74, 6) is -0.413. The molecule has 0 saturated carbocycles. The third-order valence-corrected chi connectivity index (χ3v) is 5.68. The number of anilines is 1. The minimum Gasteiger partial charge on any atom is -0.366 e. The van der Waals surface area contributed by atoms with Gasteiger partial charge in [0.2, 0.25) is 0 Å². The Kier molecular flexibility index (Phi) is 5.37. The van der Waals surface area contributed by atoms with Crippen molar-refractivity contribution in [2.45, 2.75) is 0 Å². The summed E-state index contributed by atoms with van der Waals surface area (Å²) in [7, 11) is 0. The number of piperazine rings is 1. The van der Waals surface area contributed by atoms with Crippen LogP contribution in [0.2, 0.25) is 0 Å². The Morgan fingerprint density at radius 3 is 2.09 bits per heavy atom. The van der Waals surface area contributed by atoms with Crippen LogP contribution in [0.15, 0.2) is 84.9 Å². The summed E-state index contributed by atoms with van der Waals surface area (Å²) in [5, 5.41) is 8.60. The van der Waals surface area contributed by atoms with E-state index in [1.165, 1.54) is 6.07 Å². The van der Waals surface area contributed by atoms with Crippen LogP contribution >= 0.6 is 0 Å². The lowest BCUT2D eigenvalue weighted by Gasteiger charge is -2.36. The number of nitrogens with zero attached hydrogens (tertiary/aromatic N) is 5. The first-order valence-electron chi connectivity index (χ1n) is 10.6. The van der Waals surface area contributed by atoms with E-state index in [9.17, 15) is 9.18 Å². The van der Waals surface area contributed by atoms with Crippen molar-refractivity contribution in [3.63, 3.8) is 0 Å². The predicted molar refractivity (Wildman–Crippen MR) is 121 cm³/mol. The number of aromatic nitrogens is 3. The molecule has 0 N–H and O–H groups in total. The van der Waals surface area contributed by atoms with Crippen molar-refractivity contribution in [2.75, 3.05) is 31.1 Å². The fraction of sp³-hybridized carbons (Fsp3) is 0.160. The molecule has 4 aromatic rings. The molecule has 32 heavy (non-hydrogen) atoms. The lowest BCUT2D eigenvalue weighted by Crippen LogP contribution is -2.49. The van der Waals surface area contributed by atoms with Crippen molar-refractivity contribution in [2.24, 2.45) is 0 Å². The first-order valence-corrected chi connectivity index (χ1v) is 10.6. The normalized spacial score (nSPS) is 13.9. The molecule has 1 aliphatic rings. The molecule has 160 valence electrons. The highest BCUT2D eigenvalue weighted by Gasteiger charge is 2.29. The number of carbonyl (C=O) groups is 1. The molecule has 0 spiro atoms. The number of para-hydroxylation sites is 2. The molecule has 0 bridgehead atoms. The van der Waals surface area contributed by atoms with Crippen LogP contribution in [-0.2, 0) is 0 Å². The fourth-order valence-electron chi connectivity index (χ4n) is 4.04. The van der Waals surface area contributed by atoms with Crippen molar-refractivity contribution in [1.29, 1.82) is 0 Å². The SMILES string of the molecule is O=C(c1nnn(-c2ccccc2)c1-c1ccccc1)N1CCN(c2ccccc2F)CC1. The van der Waals surface area contributed by atoms with Gasteiger partial charge in [0.05, 0.1) is 11.4 Å². The van der Waals surface area contributed by atoms with Crippen LogP contribution in [0.3, 0.4) is 0 Å². The average molecular weight is 427 g/mol. The van der Waals surface area contributed by atoms with Gasteiger partial charge in [-0.05, 0) is 24.3 Å². The quantitative estimate of drug-likeness (QED) is 0.493. The maximum Gasteiger partial charge on any atom is 0.276 e. The van der Waals surface area contributed by atoms with Gasteiger partial charge in [-0.25, -0.2) is 9.07 Å². The fourth-order valence-corrected chi connectivity index (χ4v) is 4.04. The molecule has 1 saturated heterocycles. The van der Waals surface area contributed by atoms with Gasteiger partial charge in [-0.2, -0.15) is 0 Å². The largest absolute Gasteiger partial charge is 0.366 e. The lowest BCUT2D eigenvalue weighted by molar-refractivity contribution is 0.0741. The number of rotatable bonds is 4. The van der Waals surface area contributed by atoms with Crippen LogP contribution in [0.1, 0.15) is 10.5 Å². The molecule has 2 heterocycles. The molecule has 0 aliphatic carbocycles. The van der Waals surface area contributed by atoms with E-state index in [1.807, 2.05) is 71.6 Å². The van der Waals surface area contributed by atoms with Gasteiger partial charge in [-0.3, -0.25) is 4.79 Å². The molecular weight excluding hydrogens is 405 g/mol. The number of hydrogen-bond donors (Lipinski definition) is 0. The second-order valence-electron chi connectivity index (χ2n) is 7.63. The molecule has 7 heteroatoms. The average Bonchev–Trinajstić information content (AvgIpc) is 3.30. The number of amides is 1. The lowest BCUT2D eigenvalue weighted by atomic mass is 10.1. The van der Waals surface area contributed by atoms with Crippen LogP contribution in [-0.4, -0.2) is 52.0 Å². The van der Waals surface area contributed by atoms with Crippen molar-refractivity contribution >= 4 is 11.6 Å². The van der Waals surface area contributed by atoms with Gasteiger partial charge < -0.3 is 9.80 Å². The summed E-state index contributed by atoms with van der Waals surface area (Å²) in [5.41, 5.74) is 3.26. The maximum absolute atomic E-state index is 14.2. The second kappa shape index (κ2) is 8.63. The van der Waals surface area contributed by atoms with E-state index in [4.69, 9.17) is 0 Å². The summed E-state index contributed by atoms with van der Waals surface area (Å²) in [6.07, 6.45) is 0. The Morgan fingerprint density at radius 1 is 0.781 bits per heavy atom. The monoisotopic (exact) mass is 427 g/mol. The summed E-state index contributed by atoms with van der Waals surface area (Å²) < 4.78 is 15.9. The molecule has 6 nitrogen and oxygen atoms in total. The Balaban J connectivity index is 1.43. The van der Waals surface area contributed by atoms with Gasteiger partial charge >= 0.3 is 0 Å². The van der Waals surface area contributed by atoms with Crippen LogP contribution in [0.4, 0.5) is 10.1 Å². The zero-order valence-corrected chi connectivity index (χ0v) is 17.4. The molecule has 3 aromatic carbocycles. The van der Waals surface area contributed by atoms with Gasteiger partial charge in [0.1, 0.15) is 11.5 Å². The van der Waals surface area contributed by atoms with Gasteiger partial charge in [-0.1, -0.05) is 65.9 Å². The summed E-state index contributed by atoms with van der Waals surface area (Å²) in [4.78, 5) is 17.2. The highest BCUT2D eigenvalue weighted by Crippen LogP contribution is 2.27. The van der Waals surface area contributed by atoms with E-state index in [0.29, 0.717) is 43.3 Å². The van der Waals surface area contributed by atoms with Gasteiger partial charge in [0, 0.05) is 31.7 Å². The van der Waals surface area contributed by atoms with E-state index in [2.05, 4.69) is 10.3 Å². The van der Waals surface area contributed by atoms with Gasteiger partial charge in [0.25, 0.3) is 5.91 Å². The second-order valence-corrected chi connectivity index (χ2v) is 7.63. The third kappa shape index (κ3) is 3.73. The summed E-state index contributed by atoms with van der Waals surface area (Å²) in [6, 6.07) is 26.1. The standard InChI is InChI=1S/C25H22FN5O/c26-21-13-7-8-14-22(21)29-15-17-30(18-16-29)25(32)23-24(19-9-3-1-4-10-19)31(28-27-23)20-11-5-2-6-12-20/h1-14H,15-18H2. The minimum absolute atomic E-state index is 0.167. The number of hydrogen-bond acceptors (Lipinski definition) is 4. The number of benzene rings is 3. The summed E-state index contributed by atoms with van der Waals surface area (Å²) >= 11 is 0. The Labute approximate surface area is 185 Å². The highest BCUT2D eigenvalue weighted by molar-refractivity contribution is 5.98. The van der Waals surface area contributed by atoms with Crippen molar-refractivity contribution in [1.82, 2.24) is 19.9 Å². The minimum atomic E-state index is -0.246. The molecule has 5 rings (SSSR count). The van der Waals surface area contributed by atoms with Crippen molar-refractivity contribution < 1.29 is 9.18 Å². The first-order chi connectivity index (χ1) is 15.7. The van der Waals surface area contributed by atoms with Crippen LogP contribution in [0, 0.1) is 5.82 Å². The number of halogens is 1. The van der Waals surface area contributed by atoms with Crippen molar-refractivity contribution in [3.05, 3.63) is 96.4 Å². The van der Waals surface area contributed by atoms with Gasteiger partial charge in [-0.15, -0.1) is 5.10 Å². The van der Waals surface area contributed by atoms with E-state index >= 15 is 0 Å². The molecule has 0 radical (unpaired) electrons. The zero-order valence-electron chi connectivity index (χ0n) is 17.4. The van der Waals surface area contributed by atoms with E-state index < -0.39 is 0 Å². The highest BCUT2D eigenvalue weighted by atomic mass is 19.1. The predicted octanol–water partition coefficient (Wildman–Crippen LogP) is 4.04. The van der Waals surface area contributed by atoms with E-state index in [-0.39, 0.29) is 11.7 Å². The first kappa shape index (κ1) is 19.9. The molecule has 0 atom stereocenters. The Morgan fingerprint density at radius 2 is 1.41 bits per heavy atom. The molecular formula is C25H22FN5O. The van der Waals surface area contributed by atoms with E-state index in [1.54, 1.807) is 21.7 Å². The molecule has 1 amide bonds. The third-order valence-electron chi connectivity index (χ3n) is 5.68. The Bertz CT molecular complexity index is 1220. The smallest absolute Gasteiger partial charge is 0.276 e. The molecule has 1 aliphatic heterocycles. The van der Waals surface area contributed by atoms with Gasteiger partial charge in [0.15, 0.2) is 5.69 Å². The zero-order chi connectivity index (χ0) is 21.9. The van der Waals surface area contributed by atoms with Crippen LogP contribution in [0.25, 0.3) is 16.9 Å². The molecule has 1 aromatic heterocycles. The topological polar surface area (TPSA) is 54.3 Å². The van der Waals surface area contributed by atoms with E-state index in [0.717, 1.165) is 11.3 Å². The molecule has 0 unspecified atom stereocenters. The Hall–Kier alpha value is -4.00. The summed E-state index contributed by atoms with van der Waals surface area (Å²) in [6.45, 7) is 2.08. The van der Waals surface area contributed by atoms with Crippen molar-refractivity contribution in [3.8, 4) is 16.9 Å².